The third-order valence-corrected chi connectivity index (χ3v) is 3.82. The zero-order valence-corrected chi connectivity index (χ0v) is 12.6. The highest BCUT2D eigenvalue weighted by Crippen LogP contribution is 2.27. The van der Waals surface area contributed by atoms with E-state index in [1.807, 2.05) is 36.7 Å². The third-order valence-electron chi connectivity index (χ3n) is 3.32. The zero-order valence-electron chi connectivity index (χ0n) is 11.0. The van der Waals surface area contributed by atoms with Crippen molar-refractivity contribution in [1.82, 2.24) is 9.78 Å². The molecule has 2 aromatic rings. The lowest BCUT2D eigenvalue weighted by molar-refractivity contribution is 0.199. The van der Waals surface area contributed by atoms with E-state index < -0.39 is 6.10 Å². The summed E-state index contributed by atoms with van der Waals surface area (Å²) in [6.45, 7) is 7.88. The Labute approximate surface area is 116 Å². The lowest BCUT2D eigenvalue weighted by Crippen LogP contribution is -2.06. The van der Waals surface area contributed by atoms with Crippen molar-refractivity contribution in [2.75, 3.05) is 0 Å². The van der Waals surface area contributed by atoms with E-state index in [0.717, 1.165) is 27.1 Å². The summed E-state index contributed by atoms with van der Waals surface area (Å²) in [5.41, 5.74) is 5.11. The van der Waals surface area contributed by atoms with E-state index in [-0.39, 0.29) is 0 Å². The molecule has 1 heterocycles. The van der Waals surface area contributed by atoms with Crippen LogP contribution >= 0.6 is 15.9 Å². The van der Waals surface area contributed by atoms with E-state index in [0.29, 0.717) is 0 Å². The van der Waals surface area contributed by atoms with Crippen molar-refractivity contribution in [2.24, 2.45) is 0 Å². The number of aromatic nitrogens is 2. The number of aliphatic hydroxyl groups is 1. The van der Waals surface area contributed by atoms with Gasteiger partial charge in [0.25, 0.3) is 0 Å². The van der Waals surface area contributed by atoms with Crippen LogP contribution in [0.2, 0.25) is 0 Å². The van der Waals surface area contributed by atoms with Gasteiger partial charge >= 0.3 is 0 Å². The summed E-state index contributed by atoms with van der Waals surface area (Å²) in [5.74, 6) is 0. The molecule has 1 aromatic carbocycles. The van der Waals surface area contributed by atoms with Gasteiger partial charge in [-0.2, -0.15) is 5.10 Å². The molecular weight excluding hydrogens is 292 g/mol. The molecule has 4 heteroatoms. The van der Waals surface area contributed by atoms with Gasteiger partial charge in [-0.3, -0.25) is 0 Å². The maximum absolute atomic E-state index is 9.87. The first-order valence-corrected chi connectivity index (χ1v) is 6.72. The molecule has 0 aliphatic heterocycles. The first-order valence-electron chi connectivity index (χ1n) is 5.92. The molecule has 0 aliphatic rings. The minimum absolute atomic E-state index is 0.516. The summed E-state index contributed by atoms with van der Waals surface area (Å²) in [6, 6.07) is 5.85. The molecule has 2 rings (SSSR count). The van der Waals surface area contributed by atoms with E-state index >= 15 is 0 Å². The molecule has 1 unspecified atom stereocenters. The summed E-state index contributed by atoms with van der Waals surface area (Å²) >= 11 is 3.47. The Hall–Kier alpha value is -1.13. The van der Waals surface area contributed by atoms with Crippen LogP contribution in [0.25, 0.3) is 5.69 Å². The smallest absolute Gasteiger partial charge is 0.0782 e. The molecule has 1 N–H and O–H groups in total. The van der Waals surface area contributed by atoms with Gasteiger partial charge in [0.05, 0.1) is 17.5 Å². The molecule has 0 spiro atoms. The monoisotopic (exact) mass is 308 g/mol. The van der Waals surface area contributed by atoms with Crippen LogP contribution in [0.5, 0.6) is 0 Å². The Morgan fingerprint density at radius 3 is 2.44 bits per heavy atom. The molecule has 1 atom stereocenters. The first kappa shape index (κ1) is 13.3. The fraction of sp³-hybridized carbons (Fsp3) is 0.357. The number of rotatable bonds is 2. The fourth-order valence-corrected chi connectivity index (χ4v) is 2.36. The highest BCUT2D eigenvalue weighted by molar-refractivity contribution is 9.10. The third kappa shape index (κ3) is 2.22. The number of halogens is 1. The van der Waals surface area contributed by atoms with Crippen molar-refractivity contribution >= 4 is 15.9 Å². The summed E-state index contributed by atoms with van der Waals surface area (Å²) in [6.07, 6.45) is -0.516. The number of aliphatic hydroxyl groups excluding tert-OH is 1. The van der Waals surface area contributed by atoms with Crippen LogP contribution < -0.4 is 0 Å². The van der Waals surface area contributed by atoms with E-state index in [4.69, 9.17) is 0 Å². The van der Waals surface area contributed by atoms with Crippen LogP contribution in [-0.4, -0.2) is 14.9 Å². The van der Waals surface area contributed by atoms with Crippen LogP contribution in [0.1, 0.15) is 35.5 Å². The van der Waals surface area contributed by atoms with Crippen LogP contribution in [0.4, 0.5) is 0 Å². The van der Waals surface area contributed by atoms with Gasteiger partial charge in [0, 0.05) is 15.7 Å². The van der Waals surface area contributed by atoms with Crippen LogP contribution in [0.3, 0.4) is 0 Å². The van der Waals surface area contributed by atoms with Gasteiger partial charge in [0.1, 0.15) is 0 Å². The molecular formula is C14H17BrN2O. The second-order valence-corrected chi connectivity index (χ2v) is 5.50. The molecule has 0 saturated heterocycles. The lowest BCUT2D eigenvalue weighted by Gasteiger charge is -2.14. The normalized spacial score (nSPS) is 12.8. The first-order chi connectivity index (χ1) is 8.41. The van der Waals surface area contributed by atoms with Gasteiger partial charge in [-0.1, -0.05) is 22.0 Å². The topological polar surface area (TPSA) is 38.0 Å². The van der Waals surface area contributed by atoms with E-state index in [2.05, 4.69) is 28.0 Å². The van der Waals surface area contributed by atoms with Crippen LogP contribution in [0, 0.1) is 20.8 Å². The van der Waals surface area contributed by atoms with Crippen LogP contribution in [-0.2, 0) is 0 Å². The predicted molar refractivity (Wildman–Crippen MR) is 76.1 cm³/mol. The predicted octanol–water partition coefficient (Wildman–Crippen LogP) is 3.61. The lowest BCUT2D eigenvalue weighted by atomic mass is 10.1. The molecule has 0 bridgehead atoms. The number of aryl methyl sites for hydroxylation is 1. The maximum atomic E-state index is 9.87. The molecule has 0 amide bonds. The van der Waals surface area contributed by atoms with Gasteiger partial charge < -0.3 is 5.11 Å². The minimum Gasteiger partial charge on any atom is -0.389 e. The van der Waals surface area contributed by atoms with Crippen molar-refractivity contribution < 1.29 is 5.11 Å². The van der Waals surface area contributed by atoms with E-state index in [1.165, 1.54) is 5.56 Å². The van der Waals surface area contributed by atoms with Gasteiger partial charge in [-0.25, -0.2) is 4.68 Å². The molecule has 0 aliphatic carbocycles. The molecule has 0 fully saturated rings. The largest absolute Gasteiger partial charge is 0.389 e. The van der Waals surface area contributed by atoms with Crippen molar-refractivity contribution in [3.8, 4) is 5.69 Å². The van der Waals surface area contributed by atoms with Gasteiger partial charge in [-0.05, 0) is 45.4 Å². The maximum Gasteiger partial charge on any atom is 0.0782 e. The molecule has 0 radical (unpaired) electrons. The SMILES string of the molecule is Cc1nn(-c2cc(Br)ccc2C(C)O)c(C)c1C. The second-order valence-electron chi connectivity index (χ2n) is 4.59. The Kier molecular flexibility index (Phi) is 3.59. The quantitative estimate of drug-likeness (QED) is 0.920. The van der Waals surface area contributed by atoms with E-state index in [1.54, 1.807) is 6.92 Å². The van der Waals surface area contributed by atoms with Crippen molar-refractivity contribution in [2.45, 2.75) is 33.8 Å². The molecule has 1 aromatic heterocycles. The van der Waals surface area contributed by atoms with Crippen molar-refractivity contribution in [1.29, 1.82) is 0 Å². The van der Waals surface area contributed by atoms with E-state index in [9.17, 15) is 5.11 Å². The van der Waals surface area contributed by atoms with Crippen molar-refractivity contribution in [3.63, 3.8) is 0 Å². The fourth-order valence-electron chi connectivity index (χ4n) is 2.01. The zero-order chi connectivity index (χ0) is 13.4. The van der Waals surface area contributed by atoms with Crippen LogP contribution in [0.15, 0.2) is 22.7 Å². The summed E-state index contributed by atoms with van der Waals surface area (Å²) in [7, 11) is 0. The Bertz CT molecular complexity index is 588. The number of hydrogen-bond donors (Lipinski definition) is 1. The average molecular weight is 309 g/mol. The number of hydrogen-bond acceptors (Lipinski definition) is 2. The highest BCUT2D eigenvalue weighted by Gasteiger charge is 2.15. The highest BCUT2D eigenvalue weighted by atomic mass is 79.9. The molecule has 0 saturated carbocycles. The average Bonchev–Trinajstić information content (AvgIpc) is 2.56. The van der Waals surface area contributed by atoms with Gasteiger partial charge in [-0.15, -0.1) is 0 Å². The van der Waals surface area contributed by atoms with Gasteiger partial charge in [0.15, 0.2) is 0 Å². The summed E-state index contributed by atoms with van der Waals surface area (Å²) in [4.78, 5) is 0. The number of benzene rings is 1. The number of nitrogens with zero attached hydrogens (tertiary/aromatic N) is 2. The van der Waals surface area contributed by atoms with Crippen molar-refractivity contribution in [3.05, 3.63) is 45.2 Å². The standard InChI is InChI=1S/C14H17BrN2O/c1-8-9(2)16-17(10(8)3)14-7-12(15)5-6-13(14)11(4)18/h5-7,11,18H,1-4H3. The molecule has 3 nitrogen and oxygen atoms in total. The summed E-state index contributed by atoms with van der Waals surface area (Å²) < 4.78 is 2.88. The molecule has 18 heavy (non-hydrogen) atoms. The molecule has 96 valence electrons. The Morgan fingerprint density at radius 1 is 1.28 bits per heavy atom. The Morgan fingerprint density at radius 2 is 1.94 bits per heavy atom. The van der Waals surface area contributed by atoms with Gasteiger partial charge in [0.2, 0.25) is 0 Å². The summed E-state index contributed by atoms with van der Waals surface area (Å²) in [5, 5.41) is 14.4. The minimum atomic E-state index is -0.516. The second kappa shape index (κ2) is 4.86. The Balaban J connectivity index is 2.69.